The molecule has 0 saturated carbocycles. The molecule has 19 heavy (non-hydrogen) atoms. The van der Waals surface area contributed by atoms with Crippen LogP contribution in [-0.4, -0.2) is 15.0 Å². The van der Waals surface area contributed by atoms with Crippen LogP contribution in [0.1, 0.15) is 10.9 Å². The number of thiophene rings is 1. The second-order valence-electron chi connectivity index (χ2n) is 3.79. The van der Waals surface area contributed by atoms with Crippen LogP contribution in [0.5, 0.6) is 0 Å². The van der Waals surface area contributed by atoms with E-state index in [0.717, 1.165) is 16.9 Å². The number of benzene rings is 1. The lowest BCUT2D eigenvalue weighted by molar-refractivity contribution is 0.583. The maximum absolute atomic E-state index is 12.0. The zero-order valence-corrected chi connectivity index (χ0v) is 12.9. The summed E-state index contributed by atoms with van der Waals surface area (Å²) in [4.78, 5) is 0. The highest BCUT2D eigenvalue weighted by Crippen LogP contribution is 2.26. The number of hydrogen-bond donors (Lipinski definition) is 1. The van der Waals surface area contributed by atoms with E-state index < -0.39 is 15.4 Å². The quantitative estimate of drug-likeness (QED) is 0.847. The second kappa shape index (κ2) is 6.24. The molecule has 1 unspecified atom stereocenters. The first-order chi connectivity index (χ1) is 8.99. The third-order valence-corrected chi connectivity index (χ3v) is 5.98. The third kappa shape index (κ3) is 3.94. The summed E-state index contributed by atoms with van der Waals surface area (Å²) in [6, 6.07) is 12.3. The number of sulfonamides is 1. The van der Waals surface area contributed by atoms with Crippen LogP contribution < -0.4 is 4.72 Å². The molecule has 0 spiro atoms. The van der Waals surface area contributed by atoms with Gasteiger partial charge in [0, 0.05) is 6.54 Å². The van der Waals surface area contributed by atoms with Crippen molar-refractivity contribution in [2.75, 3.05) is 6.54 Å². The van der Waals surface area contributed by atoms with Crippen LogP contribution in [0.25, 0.3) is 0 Å². The van der Waals surface area contributed by atoms with E-state index in [1.807, 2.05) is 30.3 Å². The van der Waals surface area contributed by atoms with Crippen molar-refractivity contribution in [3.63, 3.8) is 0 Å². The van der Waals surface area contributed by atoms with Gasteiger partial charge in [-0.25, -0.2) is 13.1 Å². The van der Waals surface area contributed by atoms with Crippen LogP contribution in [0, 0.1) is 0 Å². The summed E-state index contributed by atoms with van der Waals surface area (Å²) in [5.41, 5.74) is 0.871. The number of halogens is 2. The van der Waals surface area contributed by atoms with Gasteiger partial charge in [-0.3, -0.25) is 0 Å². The molecule has 1 atom stereocenters. The Morgan fingerprint density at radius 1 is 1.16 bits per heavy atom. The van der Waals surface area contributed by atoms with E-state index in [-0.39, 0.29) is 10.8 Å². The van der Waals surface area contributed by atoms with Gasteiger partial charge in [-0.2, -0.15) is 0 Å². The molecule has 7 heteroatoms. The molecular formula is C12H11Cl2NO2S2. The summed E-state index contributed by atoms with van der Waals surface area (Å²) < 4.78 is 27.0. The van der Waals surface area contributed by atoms with Gasteiger partial charge in [0.15, 0.2) is 0 Å². The van der Waals surface area contributed by atoms with Crippen molar-refractivity contribution >= 4 is 44.6 Å². The Morgan fingerprint density at radius 3 is 2.42 bits per heavy atom. The molecule has 2 aromatic rings. The maximum Gasteiger partial charge on any atom is 0.250 e. The molecule has 1 aromatic heterocycles. The zero-order chi connectivity index (χ0) is 13.9. The Morgan fingerprint density at radius 2 is 1.84 bits per heavy atom. The molecule has 0 aliphatic heterocycles. The van der Waals surface area contributed by atoms with Gasteiger partial charge in [-0.1, -0.05) is 41.9 Å². The van der Waals surface area contributed by atoms with Gasteiger partial charge in [0.1, 0.15) is 4.21 Å². The molecule has 0 aliphatic carbocycles. The van der Waals surface area contributed by atoms with E-state index in [1.165, 1.54) is 6.07 Å². The average molecular weight is 336 g/mol. The predicted molar refractivity (Wildman–Crippen MR) is 79.6 cm³/mol. The van der Waals surface area contributed by atoms with Gasteiger partial charge in [0.2, 0.25) is 10.0 Å². The molecule has 0 saturated heterocycles. The normalized spacial score (nSPS) is 13.4. The Balaban J connectivity index is 2.03. The van der Waals surface area contributed by atoms with Gasteiger partial charge in [-0.15, -0.1) is 22.9 Å². The fourth-order valence-electron chi connectivity index (χ4n) is 1.48. The largest absolute Gasteiger partial charge is 0.250 e. The first-order valence-corrected chi connectivity index (χ1v) is 8.54. The lowest BCUT2D eigenvalue weighted by Gasteiger charge is -2.10. The molecule has 0 amide bonds. The van der Waals surface area contributed by atoms with Crippen LogP contribution >= 0.6 is 34.5 Å². The van der Waals surface area contributed by atoms with Gasteiger partial charge >= 0.3 is 0 Å². The Kier molecular flexibility index (Phi) is 4.86. The summed E-state index contributed by atoms with van der Waals surface area (Å²) in [5.74, 6) is 0. The Hall–Kier alpha value is -0.590. The van der Waals surface area contributed by atoms with Crippen molar-refractivity contribution < 1.29 is 8.42 Å². The summed E-state index contributed by atoms with van der Waals surface area (Å²) in [5, 5.41) is -0.411. The summed E-state index contributed by atoms with van der Waals surface area (Å²) in [6.45, 7) is 0.128. The van der Waals surface area contributed by atoms with Crippen LogP contribution in [-0.2, 0) is 10.0 Å². The second-order valence-corrected chi connectivity index (χ2v) is 8.02. The number of hydrogen-bond acceptors (Lipinski definition) is 3. The van der Waals surface area contributed by atoms with Crippen molar-refractivity contribution in [1.29, 1.82) is 0 Å². The molecule has 1 heterocycles. The van der Waals surface area contributed by atoms with Crippen molar-refractivity contribution in [1.82, 2.24) is 4.72 Å². The van der Waals surface area contributed by atoms with E-state index in [2.05, 4.69) is 4.72 Å². The fourth-order valence-corrected chi connectivity index (χ4v) is 4.36. The van der Waals surface area contributed by atoms with Crippen LogP contribution in [0.3, 0.4) is 0 Å². The monoisotopic (exact) mass is 335 g/mol. The highest BCUT2D eigenvalue weighted by atomic mass is 35.5. The molecule has 2 rings (SSSR count). The summed E-state index contributed by atoms with van der Waals surface area (Å²) in [7, 11) is -3.54. The van der Waals surface area contributed by atoms with Gasteiger partial charge in [0.05, 0.1) is 9.71 Å². The maximum atomic E-state index is 12.0. The predicted octanol–water partition coefficient (Wildman–Crippen LogP) is 3.66. The van der Waals surface area contributed by atoms with Gasteiger partial charge in [-0.05, 0) is 17.7 Å². The van der Waals surface area contributed by atoms with Crippen LogP contribution in [0.2, 0.25) is 4.34 Å². The van der Waals surface area contributed by atoms with Gasteiger partial charge < -0.3 is 0 Å². The lowest BCUT2D eigenvalue weighted by atomic mass is 10.1. The minimum atomic E-state index is -3.54. The van der Waals surface area contributed by atoms with Crippen LogP contribution in [0.15, 0.2) is 46.7 Å². The fraction of sp³-hybridized carbons (Fsp3) is 0.167. The molecule has 3 nitrogen and oxygen atoms in total. The molecule has 102 valence electrons. The number of rotatable bonds is 5. The highest BCUT2D eigenvalue weighted by molar-refractivity contribution is 7.91. The van der Waals surface area contributed by atoms with E-state index in [1.54, 1.807) is 6.07 Å². The summed E-state index contributed by atoms with van der Waals surface area (Å²) in [6.07, 6.45) is 0. The van der Waals surface area contributed by atoms with E-state index in [4.69, 9.17) is 23.2 Å². The van der Waals surface area contributed by atoms with Crippen molar-refractivity contribution in [3.05, 3.63) is 52.4 Å². The standard InChI is InChI=1S/C12H11Cl2NO2S2/c13-10(9-4-2-1-3-5-9)8-15-19(16,17)12-7-6-11(14)18-12/h1-7,10,15H,8H2. The smallest absolute Gasteiger partial charge is 0.209 e. The Bertz CT molecular complexity index is 641. The average Bonchev–Trinajstić information content (AvgIpc) is 2.85. The topological polar surface area (TPSA) is 46.2 Å². The lowest BCUT2D eigenvalue weighted by Crippen LogP contribution is -2.26. The highest BCUT2D eigenvalue weighted by Gasteiger charge is 2.18. The van der Waals surface area contributed by atoms with Crippen molar-refractivity contribution in [2.45, 2.75) is 9.59 Å². The molecule has 0 bridgehead atoms. The number of nitrogens with one attached hydrogen (secondary N) is 1. The first-order valence-electron chi connectivity index (χ1n) is 5.43. The minimum absolute atomic E-state index is 0.128. The minimum Gasteiger partial charge on any atom is -0.209 e. The molecule has 0 fully saturated rings. The van der Waals surface area contributed by atoms with Crippen molar-refractivity contribution in [3.8, 4) is 0 Å². The zero-order valence-electron chi connectivity index (χ0n) is 9.71. The molecule has 1 aromatic carbocycles. The van der Waals surface area contributed by atoms with E-state index >= 15 is 0 Å². The van der Waals surface area contributed by atoms with Gasteiger partial charge in [0.25, 0.3) is 0 Å². The molecule has 1 N–H and O–H groups in total. The van der Waals surface area contributed by atoms with E-state index in [0.29, 0.717) is 4.34 Å². The molecular weight excluding hydrogens is 325 g/mol. The summed E-state index contributed by atoms with van der Waals surface area (Å²) >= 11 is 12.9. The third-order valence-electron chi connectivity index (χ3n) is 2.43. The Labute approximate surface area is 126 Å². The van der Waals surface area contributed by atoms with E-state index in [9.17, 15) is 8.42 Å². The molecule has 0 aliphatic rings. The SMILES string of the molecule is O=S(=O)(NCC(Cl)c1ccccc1)c1ccc(Cl)s1. The first kappa shape index (κ1) is 14.8. The van der Waals surface area contributed by atoms with Crippen LogP contribution in [0.4, 0.5) is 0 Å². The molecule has 0 radical (unpaired) electrons. The number of alkyl halides is 1. The van der Waals surface area contributed by atoms with Crippen molar-refractivity contribution in [2.24, 2.45) is 0 Å².